The minimum atomic E-state index is 0.611. The van der Waals surface area contributed by atoms with E-state index < -0.39 is 0 Å². The van der Waals surface area contributed by atoms with Crippen LogP contribution in [0.2, 0.25) is 0 Å². The van der Waals surface area contributed by atoms with Gasteiger partial charge in [-0.3, -0.25) is 0 Å². The van der Waals surface area contributed by atoms with E-state index in [1.807, 2.05) is 19.9 Å². The fourth-order valence-electron chi connectivity index (χ4n) is 1.58. The fourth-order valence-corrected chi connectivity index (χ4v) is 2.44. The summed E-state index contributed by atoms with van der Waals surface area (Å²) < 4.78 is 5.40. The van der Waals surface area contributed by atoms with E-state index in [4.69, 9.17) is 4.74 Å². The van der Waals surface area contributed by atoms with Crippen LogP contribution in [0.25, 0.3) is 0 Å². The number of rotatable bonds is 5. The van der Waals surface area contributed by atoms with Crippen LogP contribution < -0.4 is 10.1 Å². The Morgan fingerprint density at radius 3 is 2.78 bits per heavy atom. The van der Waals surface area contributed by atoms with E-state index in [-0.39, 0.29) is 0 Å². The second kappa shape index (κ2) is 5.82. The first-order valence-corrected chi connectivity index (χ1v) is 6.87. The molecule has 0 bridgehead atoms. The van der Waals surface area contributed by atoms with Crippen molar-refractivity contribution in [1.29, 1.82) is 0 Å². The quantitative estimate of drug-likeness (QED) is 0.900. The number of aryl methyl sites for hydroxylation is 2. The van der Waals surface area contributed by atoms with Crippen LogP contribution in [0.4, 0.5) is 5.95 Å². The zero-order chi connectivity index (χ0) is 13.0. The van der Waals surface area contributed by atoms with Crippen LogP contribution in [0, 0.1) is 13.8 Å². The second-order valence-corrected chi connectivity index (χ2v) is 4.78. The fraction of sp³-hybridized carbons (Fsp3) is 0.385. The topological polar surface area (TPSA) is 47.0 Å². The number of thiophene rings is 1. The van der Waals surface area contributed by atoms with Crippen molar-refractivity contribution >= 4 is 17.3 Å². The van der Waals surface area contributed by atoms with Gasteiger partial charge in [0.15, 0.2) is 0 Å². The largest absolute Gasteiger partial charge is 0.478 e. The Labute approximate surface area is 111 Å². The molecular formula is C13H17N3OS. The molecule has 0 saturated carbocycles. The normalized spacial score (nSPS) is 10.4. The molecule has 0 aliphatic heterocycles. The molecule has 96 valence electrons. The van der Waals surface area contributed by atoms with Crippen LogP contribution in [0.15, 0.2) is 16.8 Å². The summed E-state index contributed by atoms with van der Waals surface area (Å²) in [6, 6.07) is 1.84. The van der Waals surface area contributed by atoms with E-state index in [0.717, 1.165) is 12.2 Å². The predicted molar refractivity (Wildman–Crippen MR) is 74.3 cm³/mol. The first-order valence-electron chi connectivity index (χ1n) is 5.93. The molecule has 1 N–H and O–H groups in total. The summed E-state index contributed by atoms with van der Waals surface area (Å²) in [4.78, 5) is 8.66. The summed E-state index contributed by atoms with van der Waals surface area (Å²) in [5.41, 5.74) is 3.48. The maximum atomic E-state index is 5.40. The van der Waals surface area contributed by atoms with Crippen molar-refractivity contribution in [3.8, 4) is 5.88 Å². The third kappa shape index (κ3) is 3.20. The van der Waals surface area contributed by atoms with Gasteiger partial charge in [0.1, 0.15) is 0 Å². The minimum absolute atomic E-state index is 0.611. The molecule has 0 fully saturated rings. The molecular weight excluding hydrogens is 246 g/mol. The number of nitrogens with one attached hydrogen (secondary N) is 1. The van der Waals surface area contributed by atoms with Gasteiger partial charge in [0.05, 0.1) is 6.61 Å². The lowest BCUT2D eigenvalue weighted by Gasteiger charge is -2.08. The molecule has 0 spiro atoms. The number of anilines is 1. The van der Waals surface area contributed by atoms with Gasteiger partial charge in [0, 0.05) is 18.3 Å². The molecule has 0 aromatic carbocycles. The molecule has 0 unspecified atom stereocenters. The van der Waals surface area contributed by atoms with Crippen molar-refractivity contribution in [3.63, 3.8) is 0 Å². The lowest BCUT2D eigenvalue weighted by molar-refractivity contribution is 0.326. The van der Waals surface area contributed by atoms with Crippen molar-refractivity contribution in [1.82, 2.24) is 9.97 Å². The molecule has 0 radical (unpaired) electrons. The standard InChI is InChI=1S/C13H17N3OS/c1-4-17-12-5-10(3)15-13(16-12)14-6-11-8-18-7-9(11)2/h5,7-8H,4,6H2,1-3H3,(H,14,15,16). The molecule has 2 heterocycles. The van der Waals surface area contributed by atoms with Crippen LogP contribution in [0.3, 0.4) is 0 Å². The van der Waals surface area contributed by atoms with E-state index in [0.29, 0.717) is 18.4 Å². The Hall–Kier alpha value is -1.62. The predicted octanol–water partition coefficient (Wildman–Crippen LogP) is 3.17. The smallest absolute Gasteiger partial charge is 0.226 e. The van der Waals surface area contributed by atoms with Crippen LogP contribution in [-0.2, 0) is 6.54 Å². The summed E-state index contributed by atoms with van der Waals surface area (Å²) in [6.45, 7) is 7.34. The van der Waals surface area contributed by atoms with E-state index in [1.54, 1.807) is 11.3 Å². The van der Waals surface area contributed by atoms with E-state index in [9.17, 15) is 0 Å². The van der Waals surface area contributed by atoms with Gasteiger partial charge in [-0.15, -0.1) is 0 Å². The Bertz CT molecular complexity index is 525. The average molecular weight is 263 g/mol. The lowest BCUT2D eigenvalue weighted by atomic mass is 10.2. The highest BCUT2D eigenvalue weighted by molar-refractivity contribution is 7.08. The summed E-state index contributed by atoms with van der Waals surface area (Å²) in [7, 11) is 0. The first-order chi connectivity index (χ1) is 8.69. The van der Waals surface area contributed by atoms with E-state index in [2.05, 4.69) is 33.0 Å². The highest BCUT2D eigenvalue weighted by Gasteiger charge is 2.04. The maximum absolute atomic E-state index is 5.40. The number of nitrogens with zero attached hydrogens (tertiary/aromatic N) is 2. The Morgan fingerprint density at radius 1 is 1.28 bits per heavy atom. The Balaban J connectivity index is 2.07. The van der Waals surface area contributed by atoms with Gasteiger partial charge in [-0.1, -0.05) is 0 Å². The van der Waals surface area contributed by atoms with Gasteiger partial charge in [0.25, 0.3) is 0 Å². The van der Waals surface area contributed by atoms with Crippen molar-refractivity contribution < 1.29 is 4.74 Å². The first kappa shape index (κ1) is 12.8. The van der Waals surface area contributed by atoms with Gasteiger partial charge >= 0.3 is 0 Å². The Morgan fingerprint density at radius 2 is 2.11 bits per heavy atom. The number of aromatic nitrogens is 2. The molecule has 2 rings (SSSR count). The average Bonchev–Trinajstić information content (AvgIpc) is 2.72. The highest BCUT2D eigenvalue weighted by Crippen LogP contribution is 2.16. The van der Waals surface area contributed by atoms with Crippen molar-refractivity contribution in [3.05, 3.63) is 33.6 Å². The number of ether oxygens (including phenoxy) is 1. The molecule has 0 amide bonds. The third-order valence-corrected chi connectivity index (χ3v) is 3.43. The molecule has 5 heteroatoms. The zero-order valence-electron chi connectivity index (χ0n) is 10.9. The van der Waals surface area contributed by atoms with E-state index >= 15 is 0 Å². The van der Waals surface area contributed by atoms with E-state index in [1.165, 1.54) is 11.1 Å². The van der Waals surface area contributed by atoms with Gasteiger partial charge in [0.2, 0.25) is 11.8 Å². The van der Waals surface area contributed by atoms with Crippen molar-refractivity contribution in [2.45, 2.75) is 27.3 Å². The second-order valence-electron chi connectivity index (χ2n) is 4.04. The van der Waals surface area contributed by atoms with Gasteiger partial charge in [-0.2, -0.15) is 16.3 Å². The van der Waals surface area contributed by atoms with Crippen molar-refractivity contribution in [2.24, 2.45) is 0 Å². The third-order valence-electron chi connectivity index (χ3n) is 2.52. The monoisotopic (exact) mass is 263 g/mol. The zero-order valence-corrected chi connectivity index (χ0v) is 11.7. The lowest BCUT2D eigenvalue weighted by Crippen LogP contribution is -2.06. The summed E-state index contributed by atoms with van der Waals surface area (Å²) in [5.74, 6) is 1.23. The van der Waals surface area contributed by atoms with Crippen molar-refractivity contribution in [2.75, 3.05) is 11.9 Å². The number of hydrogen-bond acceptors (Lipinski definition) is 5. The molecule has 0 aliphatic rings. The van der Waals surface area contributed by atoms with Gasteiger partial charge in [-0.05, 0) is 42.7 Å². The minimum Gasteiger partial charge on any atom is -0.478 e. The van der Waals surface area contributed by atoms with Gasteiger partial charge < -0.3 is 10.1 Å². The summed E-state index contributed by atoms with van der Waals surface area (Å²) in [6.07, 6.45) is 0. The number of hydrogen-bond donors (Lipinski definition) is 1. The van der Waals surface area contributed by atoms with Gasteiger partial charge in [-0.25, -0.2) is 4.98 Å². The molecule has 18 heavy (non-hydrogen) atoms. The van der Waals surface area contributed by atoms with Crippen LogP contribution in [0.5, 0.6) is 5.88 Å². The SMILES string of the molecule is CCOc1cc(C)nc(NCc2cscc2C)n1. The molecule has 2 aromatic heterocycles. The highest BCUT2D eigenvalue weighted by atomic mass is 32.1. The molecule has 4 nitrogen and oxygen atoms in total. The Kier molecular flexibility index (Phi) is 4.15. The molecule has 0 aliphatic carbocycles. The molecule has 0 saturated heterocycles. The maximum Gasteiger partial charge on any atom is 0.226 e. The van der Waals surface area contributed by atoms with Crippen LogP contribution in [0.1, 0.15) is 23.7 Å². The molecule has 0 atom stereocenters. The van der Waals surface area contributed by atoms with Crippen LogP contribution in [-0.4, -0.2) is 16.6 Å². The summed E-state index contributed by atoms with van der Waals surface area (Å²) in [5, 5.41) is 7.51. The van der Waals surface area contributed by atoms with Crippen LogP contribution >= 0.6 is 11.3 Å². The molecule has 2 aromatic rings. The summed E-state index contributed by atoms with van der Waals surface area (Å²) >= 11 is 1.71.